The van der Waals surface area contributed by atoms with Gasteiger partial charge in [-0.3, -0.25) is 9.62 Å². The van der Waals surface area contributed by atoms with Crippen LogP contribution in [0.5, 0.6) is 0 Å². The Kier molecular flexibility index (Phi) is 9.46. The van der Waals surface area contributed by atoms with Gasteiger partial charge in [-0.2, -0.15) is 0 Å². The van der Waals surface area contributed by atoms with Crippen LogP contribution in [0.3, 0.4) is 0 Å². The second kappa shape index (κ2) is 13.3. The molecule has 6 rings (SSSR count). The molecule has 0 saturated heterocycles. The van der Waals surface area contributed by atoms with Gasteiger partial charge >= 0.3 is 0 Å². The van der Waals surface area contributed by atoms with E-state index in [1.165, 1.54) is 43.7 Å². The van der Waals surface area contributed by atoms with E-state index in [0.717, 1.165) is 77.8 Å². The molecule has 1 aromatic heterocycles. The minimum absolute atomic E-state index is 0.00559. The lowest BCUT2D eigenvalue weighted by molar-refractivity contribution is 0.245. The Morgan fingerprint density at radius 2 is 1.73 bits per heavy atom. The zero-order chi connectivity index (χ0) is 31.6. The van der Waals surface area contributed by atoms with Crippen LogP contribution < -0.4 is 4.72 Å². The highest BCUT2D eigenvalue weighted by molar-refractivity contribution is 7.92. The summed E-state index contributed by atoms with van der Waals surface area (Å²) in [6.07, 6.45) is 9.11. The predicted molar refractivity (Wildman–Crippen MR) is 183 cm³/mol. The topological polar surface area (TPSA) is 62.3 Å². The quantitative estimate of drug-likeness (QED) is 0.187. The van der Waals surface area contributed by atoms with E-state index in [1.807, 2.05) is 12.1 Å². The maximum atomic E-state index is 14.9. The average Bonchev–Trinajstić information content (AvgIpc) is 3.72. The Morgan fingerprint density at radius 3 is 2.44 bits per heavy atom. The number of anilines is 1. The second-order valence-corrected chi connectivity index (χ2v) is 16.4. The van der Waals surface area contributed by atoms with Gasteiger partial charge in [0, 0.05) is 36.0 Å². The van der Waals surface area contributed by atoms with Crippen molar-refractivity contribution in [3.05, 3.63) is 99.8 Å². The van der Waals surface area contributed by atoms with Crippen LogP contribution >= 0.6 is 11.3 Å². The maximum Gasteiger partial charge on any atom is 0.261 e. The zero-order valence-electron chi connectivity index (χ0n) is 26.6. The van der Waals surface area contributed by atoms with Crippen molar-refractivity contribution in [1.82, 2.24) is 9.88 Å². The lowest BCUT2D eigenvalue weighted by Gasteiger charge is -2.29. The Hall–Kier alpha value is -3.07. The first kappa shape index (κ1) is 31.9. The molecule has 0 radical (unpaired) electrons. The van der Waals surface area contributed by atoms with Crippen LogP contribution in [0.25, 0.3) is 10.6 Å². The molecule has 3 aromatic carbocycles. The number of nitrogens with one attached hydrogen (secondary N) is 1. The van der Waals surface area contributed by atoms with Crippen LogP contribution in [0, 0.1) is 11.7 Å². The lowest BCUT2D eigenvalue weighted by Crippen LogP contribution is -2.30. The van der Waals surface area contributed by atoms with Crippen molar-refractivity contribution in [1.29, 1.82) is 0 Å². The number of aryl methyl sites for hydroxylation is 1. The third-order valence-corrected chi connectivity index (χ3v) is 11.5. The molecule has 1 saturated carbocycles. The fraction of sp³-hybridized carbons (Fsp3) is 0.432. The molecular weight excluding hydrogens is 602 g/mol. The minimum Gasteiger partial charge on any atom is -0.294 e. The van der Waals surface area contributed by atoms with Gasteiger partial charge in [-0.1, -0.05) is 89.3 Å². The molecule has 238 valence electrons. The molecular formula is C37H44FN3O2S2. The zero-order valence-corrected chi connectivity index (χ0v) is 28.2. The molecule has 5 nitrogen and oxygen atoms in total. The first-order valence-electron chi connectivity index (χ1n) is 16.2. The molecule has 0 bridgehead atoms. The van der Waals surface area contributed by atoms with Crippen molar-refractivity contribution < 1.29 is 12.8 Å². The van der Waals surface area contributed by atoms with E-state index in [-0.39, 0.29) is 16.0 Å². The van der Waals surface area contributed by atoms with Crippen LogP contribution in [0.4, 0.5) is 10.1 Å². The molecule has 1 N–H and O–H groups in total. The average molecular weight is 646 g/mol. The molecule has 45 heavy (non-hydrogen) atoms. The van der Waals surface area contributed by atoms with E-state index in [0.29, 0.717) is 0 Å². The van der Waals surface area contributed by atoms with Crippen molar-refractivity contribution in [2.75, 3.05) is 11.3 Å². The van der Waals surface area contributed by atoms with Crippen LogP contribution in [-0.2, 0) is 41.4 Å². The van der Waals surface area contributed by atoms with Gasteiger partial charge < -0.3 is 0 Å². The maximum absolute atomic E-state index is 14.9. The molecule has 1 aliphatic carbocycles. The standard InChI is InChI=1S/C37H44FN3O2S2/c1-37(2,3)35-25-44-36(39-35)29-14-11-28(12-15-29)23-41-20-19-30-22-32(17-16-31(30)24-41)45(42,43)40-34-18-13-27(21-33(34)38)10-6-9-26-7-4-5-8-26/h11-18,21-22,25-26,40H,4-10,19-20,23-24H2,1-3H3. The first-order valence-corrected chi connectivity index (χ1v) is 18.6. The van der Waals surface area contributed by atoms with Crippen molar-refractivity contribution in [2.45, 2.75) is 95.5 Å². The summed E-state index contributed by atoms with van der Waals surface area (Å²) < 4.78 is 43.9. The summed E-state index contributed by atoms with van der Waals surface area (Å²) in [5.41, 5.74) is 6.59. The van der Waals surface area contributed by atoms with Gasteiger partial charge in [0.25, 0.3) is 10.0 Å². The van der Waals surface area contributed by atoms with Crippen LogP contribution in [0.1, 0.15) is 87.2 Å². The summed E-state index contributed by atoms with van der Waals surface area (Å²) >= 11 is 1.69. The van der Waals surface area contributed by atoms with Gasteiger partial charge in [0.15, 0.2) is 0 Å². The Labute approximate surface area is 272 Å². The number of benzene rings is 3. The summed E-state index contributed by atoms with van der Waals surface area (Å²) in [7, 11) is -3.91. The van der Waals surface area contributed by atoms with E-state index < -0.39 is 15.8 Å². The number of sulfonamides is 1. The number of thiazole rings is 1. The number of fused-ring (bicyclic) bond motifs is 1. The number of hydrogen-bond acceptors (Lipinski definition) is 5. The summed E-state index contributed by atoms with van der Waals surface area (Å²) in [6.45, 7) is 8.96. The SMILES string of the molecule is CC(C)(C)c1csc(-c2ccc(CN3CCc4cc(S(=O)(=O)Nc5ccc(CCCC6CCCC6)cc5F)ccc4C3)cc2)n1. The third-order valence-electron chi connectivity index (χ3n) is 9.29. The predicted octanol–water partition coefficient (Wildman–Crippen LogP) is 9.12. The highest BCUT2D eigenvalue weighted by atomic mass is 32.2. The van der Waals surface area contributed by atoms with Gasteiger partial charge in [-0.15, -0.1) is 11.3 Å². The Morgan fingerprint density at radius 1 is 0.978 bits per heavy atom. The smallest absolute Gasteiger partial charge is 0.261 e. The molecule has 2 aliphatic rings. The number of aromatic nitrogens is 1. The van der Waals surface area contributed by atoms with Gasteiger partial charge in [-0.25, -0.2) is 17.8 Å². The van der Waals surface area contributed by atoms with Crippen LogP contribution in [0.15, 0.2) is 70.9 Å². The molecule has 0 spiro atoms. The normalized spacial score (nSPS) is 16.2. The van der Waals surface area contributed by atoms with Gasteiger partial charge in [0.2, 0.25) is 0 Å². The van der Waals surface area contributed by atoms with Crippen molar-refractivity contribution in [3.63, 3.8) is 0 Å². The lowest BCUT2D eigenvalue weighted by atomic mass is 9.93. The monoisotopic (exact) mass is 645 g/mol. The molecule has 2 heterocycles. The van der Waals surface area contributed by atoms with E-state index in [2.05, 4.69) is 60.0 Å². The van der Waals surface area contributed by atoms with Crippen molar-refractivity contribution in [3.8, 4) is 10.6 Å². The van der Waals surface area contributed by atoms with Crippen LogP contribution in [-0.4, -0.2) is 24.8 Å². The third kappa shape index (κ3) is 7.84. The first-order chi connectivity index (χ1) is 21.5. The number of halogens is 1. The molecule has 0 atom stereocenters. The number of rotatable bonds is 10. The highest BCUT2D eigenvalue weighted by Gasteiger charge is 2.23. The van der Waals surface area contributed by atoms with E-state index in [1.54, 1.807) is 29.5 Å². The van der Waals surface area contributed by atoms with Gasteiger partial charge in [0.05, 0.1) is 16.3 Å². The van der Waals surface area contributed by atoms with Crippen molar-refractivity contribution in [2.24, 2.45) is 5.92 Å². The molecule has 0 amide bonds. The van der Waals surface area contributed by atoms with Crippen LogP contribution in [0.2, 0.25) is 0 Å². The molecule has 1 aliphatic heterocycles. The molecule has 4 aromatic rings. The Bertz CT molecular complexity index is 1740. The fourth-order valence-corrected chi connectivity index (χ4v) is 8.72. The minimum atomic E-state index is -3.91. The molecule has 1 fully saturated rings. The summed E-state index contributed by atoms with van der Waals surface area (Å²) in [5.74, 6) is 0.287. The summed E-state index contributed by atoms with van der Waals surface area (Å²) in [6, 6.07) is 18.8. The molecule has 0 unspecified atom stereocenters. The van der Waals surface area contributed by atoms with E-state index in [4.69, 9.17) is 4.98 Å². The summed E-state index contributed by atoms with van der Waals surface area (Å²) in [5, 5.41) is 3.19. The second-order valence-electron chi connectivity index (χ2n) is 13.8. The fourth-order valence-electron chi connectivity index (χ4n) is 6.55. The van der Waals surface area contributed by atoms with Crippen molar-refractivity contribution >= 4 is 27.0 Å². The highest BCUT2D eigenvalue weighted by Crippen LogP contribution is 2.32. The van der Waals surface area contributed by atoms with E-state index >= 15 is 0 Å². The van der Waals surface area contributed by atoms with Gasteiger partial charge in [-0.05, 0) is 71.7 Å². The van der Waals surface area contributed by atoms with E-state index in [9.17, 15) is 12.8 Å². The largest absolute Gasteiger partial charge is 0.294 e. The summed E-state index contributed by atoms with van der Waals surface area (Å²) in [4.78, 5) is 7.39. The molecule has 8 heteroatoms. The number of hydrogen-bond donors (Lipinski definition) is 1. The number of nitrogens with zero attached hydrogens (tertiary/aromatic N) is 2. The van der Waals surface area contributed by atoms with Gasteiger partial charge in [0.1, 0.15) is 10.8 Å². The Balaban J connectivity index is 1.05.